The average molecular weight is 256 g/mol. The van der Waals surface area contributed by atoms with E-state index in [-0.39, 0.29) is 0 Å². The van der Waals surface area contributed by atoms with E-state index < -0.39 is 0 Å². The van der Waals surface area contributed by atoms with Gasteiger partial charge in [-0.1, -0.05) is 6.92 Å². The Kier molecular flexibility index (Phi) is 7.15. The van der Waals surface area contributed by atoms with Gasteiger partial charge in [-0.2, -0.15) is 0 Å². The SMILES string of the molecule is CCNC(C)C(C)N1CCN(CCN(C)C)CC1. The zero-order chi connectivity index (χ0) is 13.5. The highest BCUT2D eigenvalue weighted by molar-refractivity contribution is 4.82. The topological polar surface area (TPSA) is 21.8 Å². The zero-order valence-electron chi connectivity index (χ0n) is 12.9. The summed E-state index contributed by atoms with van der Waals surface area (Å²) >= 11 is 0. The molecule has 4 nitrogen and oxygen atoms in total. The minimum Gasteiger partial charge on any atom is -0.313 e. The zero-order valence-corrected chi connectivity index (χ0v) is 12.9. The van der Waals surface area contributed by atoms with Crippen LogP contribution in [0.4, 0.5) is 0 Å². The summed E-state index contributed by atoms with van der Waals surface area (Å²) in [6.45, 7) is 15.1. The second-order valence-corrected chi connectivity index (χ2v) is 5.77. The second-order valence-electron chi connectivity index (χ2n) is 5.77. The van der Waals surface area contributed by atoms with Gasteiger partial charge in [0.1, 0.15) is 0 Å². The molecule has 4 heteroatoms. The van der Waals surface area contributed by atoms with Crippen LogP contribution < -0.4 is 5.32 Å². The first-order valence-electron chi connectivity index (χ1n) is 7.39. The van der Waals surface area contributed by atoms with Crippen molar-refractivity contribution >= 4 is 0 Å². The predicted octanol–water partition coefficient (Wildman–Crippen LogP) is 0.552. The lowest BCUT2D eigenvalue weighted by atomic mass is 10.1. The van der Waals surface area contributed by atoms with Crippen molar-refractivity contribution < 1.29 is 0 Å². The van der Waals surface area contributed by atoms with Gasteiger partial charge in [-0.15, -0.1) is 0 Å². The van der Waals surface area contributed by atoms with Gasteiger partial charge >= 0.3 is 0 Å². The molecule has 1 aliphatic rings. The van der Waals surface area contributed by atoms with Crippen molar-refractivity contribution in [1.29, 1.82) is 0 Å². The fourth-order valence-corrected chi connectivity index (χ4v) is 2.54. The Labute approximate surface area is 113 Å². The Morgan fingerprint density at radius 2 is 1.72 bits per heavy atom. The lowest BCUT2D eigenvalue weighted by Crippen LogP contribution is -2.55. The van der Waals surface area contributed by atoms with E-state index in [1.807, 2.05) is 0 Å². The average Bonchev–Trinajstić information content (AvgIpc) is 2.36. The van der Waals surface area contributed by atoms with Crippen LogP contribution >= 0.6 is 0 Å². The second kappa shape index (κ2) is 8.10. The molecule has 1 aliphatic heterocycles. The standard InChI is InChI=1S/C14H32N4/c1-6-15-13(2)14(3)18-11-9-17(10-12-18)8-7-16(4)5/h13-15H,6-12H2,1-5H3. The van der Waals surface area contributed by atoms with E-state index in [4.69, 9.17) is 0 Å². The fraction of sp³-hybridized carbons (Fsp3) is 1.00. The third kappa shape index (κ3) is 5.22. The molecule has 0 amide bonds. The summed E-state index contributed by atoms with van der Waals surface area (Å²) in [5.41, 5.74) is 0. The van der Waals surface area contributed by atoms with E-state index in [2.05, 4.69) is 54.9 Å². The maximum atomic E-state index is 3.53. The third-order valence-electron chi connectivity index (χ3n) is 4.10. The van der Waals surface area contributed by atoms with Gasteiger partial charge in [-0.05, 0) is 34.5 Å². The van der Waals surface area contributed by atoms with E-state index in [1.54, 1.807) is 0 Å². The van der Waals surface area contributed by atoms with E-state index in [1.165, 1.54) is 39.3 Å². The fourth-order valence-electron chi connectivity index (χ4n) is 2.54. The van der Waals surface area contributed by atoms with Crippen LogP contribution in [0.25, 0.3) is 0 Å². The van der Waals surface area contributed by atoms with Crippen molar-refractivity contribution in [2.75, 3.05) is 59.9 Å². The Morgan fingerprint density at radius 3 is 2.22 bits per heavy atom. The van der Waals surface area contributed by atoms with Crippen molar-refractivity contribution in [3.63, 3.8) is 0 Å². The molecule has 0 aromatic heterocycles. The molecular formula is C14H32N4. The molecule has 0 aromatic carbocycles. The Morgan fingerprint density at radius 1 is 1.11 bits per heavy atom. The molecule has 0 bridgehead atoms. The molecule has 0 aromatic rings. The number of hydrogen-bond acceptors (Lipinski definition) is 4. The minimum atomic E-state index is 0.586. The van der Waals surface area contributed by atoms with Gasteiger partial charge in [0.15, 0.2) is 0 Å². The van der Waals surface area contributed by atoms with Crippen LogP contribution in [0.2, 0.25) is 0 Å². The van der Waals surface area contributed by atoms with E-state index >= 15 is 0 Å². The van der Waals surface area contributed by atoms with Gasteiger partial charge in [0.2, 0.25) is 0 Å². The molecule has 1 N–H and O–H groups in total. The van der Waals surface area contributed by atoms with Crippen LogP contribution in [0.1, 0.15) is 20.8 Å². The number of nitrogens with zero attached hydrogens (tertiary/aromatic N) is 3. The lowest BCUT2D eigenvalue weighted by Gasteiger charge is -2.40. The van der Waals surface area contributed by atoms with Gasteiger partial charge in [-0.3, -0.25) is 9.80 Å². The third-order valence-corrected chi connectivity index (χ3v) is 4.10. The Bertz CT molecular complexity index is 212. The van der Waals surface area contributed by atoms with Gasteiger partial charge in [0, 0.05) is 51.4 Å². The van der Waals surface area contributed by atoms with E-state index in [0.717, 1.165) is 6.54 Å². The summed E-state index contributed by atoms with van der Waals surface area (Å²) in [5, 5.41) is 3.53. The first kappa shape index (κ1) is 15.9. The number of rotatable bonds is 7. The van der Waals surface area contributed by atoms with Crippen molar-refractivity contribution in [3.05, 3.63) is 0 Å². The molecule has 2 atom stereocenters. The lowest BCUT2D eigenvalue weighted by molar-refractivity contribution is 0.0850. The first-order valence-corrected chi connectivity index (χ1v) is 7.39. The maximum absolute atomic E-state index is 3.53. The Hall–Kier alpha value is -0.160. The molecule has 18 heavy (non-hydrogen) atoms. The molecule has 1 rings (SSSR count). The van der Waals surface area contributed by atoms with Crippen LogP contribution in [0.3, 0.4) is 0 Å². The Balaban J connectivity index is 2.25. The smallest absolute Gasteiger partial charge is 0.0219 e. The van der Waals surface area contributed by atoms with Crippen molar-refractivity contribution in [2.24, 2.45) is 0 Å². The monoisotopic (exact) mass is 256 g/mol. The molecule has 1 saturated heterocycles. The predicted molar refractivity (Wildman–Crippen MR) is 79.2 cm³/mol. The quantitative estimate of drug-likeness (QED) is 0.718. The van der Waals surface area contributed by atoms with Crippen LogP contribution in [0.5, 0.6) is 0 Å². The number of likely N-dealkylation sites (N-methyl/N-ethyl adjacent to an activating group) is 2. The molecule has 0 spiro atoms. The summed E-state index contributed by atoms with van der Waals surface area (Å²) in [4.78, 5) is 7.48. The van der Waals surface area contributed by atoms with Crippen LogP contribution in [-0.4, -0.2) is 86.7 Å². The largest absolute Gasteiger partial charge is 0.313 e. The van der Waals surface area contributed by atoms with Crippen LogP contribution in [0.15, 0.2) is 0 Å². The first-order chi connectivity index (χ1) is 8.54. The maximum Gasteiger partial charge on any atom is 0.0219 e. The summed E-state index contributed by atoms with van der Waals surface area (Å²) in [7, 11) is 4.30. The number of hydrogen-bond donors (Lipinski definition) is 1. The molecule has 1 fully saturated rings. The van der Waals surface area contributed by atoms with Gasteiger partial charge in [0.05, 0.1) is 0 Å². The molecule has 1 heterocycles. The van der Waals surface area contributed by atoms with Gasteiger partial charge in [0.25, 0.3) is 0 Å². The van der Waals surface area contributed by atoms with Crippen molar-refractivity contribution in [3.8, 4) is 0 Å². The molecule has 0 saturated carbocycles. The van der Waals surface area contributed by atoms with Gasteiger partial charge < -0.3 is 10.2 Å². The summed E-state index contributed by atoms with van der Waals surface area (Å²) in [6, 6.07) is 1.23. The normalized spacial score (nSPS) is 22.3. The van der Waals surface area contributed by atoms with E-state index in [0.29, 0.717) is 12.1 Å². The summed E-state index contributed by atoms with van der Waals surface area (Å²) in [5.74, 6) is 0. The summed E-state index contributed by atoms with van der Waals surface area (Å²) in [6.07, 6.45) is 0. The number of nitrogens with one attached hydrogen (secondary N) is 1. The van der Waals surface area contributed by atoms with Crippen LogP contribution in [0, 0.1) is 0 Å². The molecule has 108 valence electrons. The van der Waals surface area contributed by atoms with Crippen molar-refractivity contribution in [2.45, 2.75) is 32.9 Å². The van der Waals surface area contributed by atoms with Gasteiger partial charge in [-0.25, -0.2) is 0 Å². The molecule has 2 unspecified atom stereocenters. The highest BCUT2D eigenvalue weighted by Crippen LogP contribution is 2.09. The minimum absolute atomic E-state index is 0.586. The number of piperazine rings is 1. The van der Waals surface area contributed by atoms with Crippen LogP contribution in [-0.2, 0) is 0 Å². The molecule has 0 radical (unpaired) electrons. The van der Waals surface area contributed by atoms with Crippen molar-refractivity contribution in [1.82, 2.24) is 20.0 Å². The summed E-state index contributed by atoms with van der Waals surface area (Å²) < 4.78 is 0. The van der Waals surface area contributed by atoms with E-state index in [9.17, 15) is 0 Å². The molecular weight excluding hydrogens is 224 g/mol. The molecule has 0 aliphatic carbocycles. The highest BCUT2D eigenvalue weighted by Gasteiger charge is 2.23. The highest BCUT2D eigenvalue weighted by atomic mass is 15.3.